The molecule has 2 aromatic rings. The molecule has 0 saturated heterocycles. The van der Waals surface area contributed by atoms with E-state index in [2.05, 4.69) is 0 Å². The van der Waals surface area contributed by atoms with E-state index < -0.39 is 4.92 Å². The molecule has 0 radical (unpaired) electrons. The summed E-state index contributed by atoms with van der Waals surface area (Å²) in [4.78, 5) is 10.2. The molecule has 7 heteroatoms. The van der Waals surface area contributed by atoms with Crippen molar-refractivity contribution in [2.75, 3.05) is 0 Å². The van der Waals surface area contributed by atoms with Crippen LogP contribution in [0.25, 0.3) is 0 Å². The number of hydrogen-bond donors (Lipinski definition) is 0. The maximum atomic E-state index is 10.7. The molecule has 100 valence electrons. The number of benzene rings is 2. The second-order valence-electron chi connectivity index (χ2n) is 3.73. The zero-order chi connectivity index (χ0) is 14.7. The van der Waals surface area contributed by atoms with Crippen LogP contribution in [0, 0.1) is 21.4 Å². The van der Waals surface area contributed by atoms with Gasteiger partial charge >= 0.3 is 0 Å². The Bertz CT molecular complexity index is 726. The molecule has 2 rings (SSSR count). The van der Waals surface area contributed by atoms with E-state index in [1.807, 2.05) is 6.07 Å². The first kappa shape index (κ1) is 14.1. The van der Waals surface area contributed by atoms with Gasteiger partial charge in [0, 0.05) is 6.07 Å². The lowest BCUT2D eigenvalue weighted by Gasteiger charge is -2.09. The number of ether oxygens (including phenoxy) is 1. The second-order valence-corrected chi connectivity index (χ2v) is 4.55. The van der Waals surface area contributed by atoms with E-state index in [1.54, 1.807) is 0 Å². The number of nitro benzene ring substituents is 1. The van der Waals surface area contributed by atoms with Gasteiger partial charge in [-0.2, -0.15) is 5.26 Å². The summed E-state index contributed by atoms with van der Waals surface area (Å²) < 4.78 is 5.45. The highest BCUT2D eigenvalue weighted by molar-refractivity contribution is 6.33. The van der Waals surface area contributed by atoms with E-state index in [0.29, 0.717) is 5.56 Å². The molecule has 0 atom stereocenters. The highest BCUT2D eigenvalue weighted by Gasteiger charge is 2.13. The van der Waals surface area contributed by atoms with Crippen LogP contribution in [-0.2, 0) is 0 Å². The summed E-state index contributed by atoms with van der Waals surface area (Å²) in [7, 11) is 0. The number of nitrogens with zero attached hydrogens (tertiary/aromatic N) is 2. The third kappa shape index (κ3) is 2.99. The average molecular weight is 309 g/mol. The first-order valence-electron chi connectivity index (χ1n) is 5.32. The minimum Gasteiger partial charge on any atom is -0.454 e. The summed E-state index contributed by atoms with van der Waals surface area (Å²) in [5.41, 5.74) is 0.238. The first-order valence-corrected chi connectivity index (χ1v) is 6.08. The molecule has 20 heavy (non-hydrogen) atoms. The Morgan fingerprint density at radius 1 is 1.10 bits per heavy atom. The number of rotatable bonds is 3. The lowest BCUT2D eigenvalue weighted by Crippen LogP contribution is -1.91. The summed E-state index contributed by atoms with van der Waals surface area (Å²) in [5.74, 6) is 0.375. The molecule has 0 fully saturated rings. The van der Waals surface area contributed by atoms with E-state index in [-0.39, 0.29) is 27.2 Å². The van der Waals surface area contributed by atoms with Crippen molar-refractivity contribution in [2.45, 2.75) is 0 Å². The van der Waals surface area contributed by atoms with E-state index in [0.717, 1.165) is 0 Å². The van der Waals surface area contributed by atoms with Crippen molar-refractivity contribution in [3.05, 3.63) is 62.1 Å². The largest absolute Gasteiger partial charge is 0.454 e. The van der Waals surface area contributed by atoms with Crippen LogP contribution >= 0.6 is 23.2 Å². The Morgan fingerprint density at radius 2 is 1.85 bits per heavy atom. The summed E-state index contributed by atoms with van der Waals surface area (Å²) in [6.45, 7) is 0. The average Bonchev–Trinajstić information content (AvgIpc) is 2.42. The fourth-order valence-corrected chi connectivity index (χ4v) is 1.83. The molecule has 0 aliphatic rings. The molecule has 0 saturated carbocycles. The van der Waals surface area contributed by atoms with E-state index in [1.165, 1.54) is 36.4 Å². The summed E-state index contributed by atoms with van der Waals surface area (Å²) >= 11 is 11.9. The van der Waals surface area contributed by atoms with Gasteiger partial charge in [0.15, 0.2) is 5.75 Å². The number of nitro groups is 1. The summed E-state index contributed by atoms with van der Waals surface area (Å²) in [5, 5.41) is 19.9. The Kier molecular flexibility index (Phi) is 4.08. The van der Waals surface area contributed by atoms with Gasteiger partial charge < -0.3 is 4.74 Å². The van der Waals surface area contributed by atoms with Gasteiger partial charge in [-0.1, -0.05) is 23.2 Å². The van der Waals surface area contributed by atoms with Crippen LogP contribution in [0.3, 0.4) is 0 Å². The Hall–Kier alpha value is -2.29. The molecule has 0 N–H and O–H groups in total. The molecule has 0 heterocycles. The minimum absolute atomic E-state index is 0.118. The number of hydrogen-bond acceptors (Lipinski definition) is 4. The van der Waals surface area contributed by atoms with Crippen molar-refractivity contribution in [1.29, 1.82) is 5.26 Å². The van der Waals surface area contributed by atoms with E-state index in [4.69, 9.17) is 33.2 Å². The SMILES string of the molecule is N#Cc1ccc(Oc2cc([N+](=O)[O-])ccc2Cl)c(Cl)c1. The highest BCUT2D eigenvalue weighted by atomic mass is 35.5. The Morgan fingerprint density at radius 3 is 2.45 bits per heavy atom. The zero-order valence-corrected chi connectivity index (χ0v) is 11.4. The van der Waals surface area contributed by atoms with Crippen LogP contribution in [0.1, 0.15) is 5.56 Å². The zero-order valence-electron chi connectivity index (χ0n) is 9.84. The van der Waals surface area contributed by atoms with Crippen molar-refractivity contribution in [3.63, 3.8) is 0 Å². The molecule has 2 aromatic carbocycles. The number of nitriles is 1. The van der Waals surface area contributed by atoms with Crippen LogP contribution in [0.2, 0.25) is 10.0 Å². The molecule has 0 aromatic heterocycles. The lowest BCUT2D eigenvalue weighted by atomic mass is 10.2. The van der Waals surface area contributed by atoms with Gasteiger partial charge in [0.25, 0.3) is 5.69 Å². The molecular formula is C13H6Cl2N2O3. The molecule has 0 unspecified atom stereocenters. The lowest BCUT2D eigenvalue weighted by molar-refractivity contribution is -0.384. The van der Waals surface area contributed by atoms with Gasteiger partial charge in [-0.3, -0.25) is 10.1 Å². The molecule has 0 aliphatic carbocycles. The van der Waals surface area contributed by atoms with Crippen LogP contribution in [0.5, 0.6) is 11.5 Å². The smallest absolute Gasteiger partial charge is 0.273 e. The summed E-state index contributed by atoms with van der Waals surface area (Å²) in [6.07, 6.45) is 0. The van der Waals surface area contributed by atoms with Gasteiger partial charge in [-0.15, -0.1) is 0 Å². The Balaban J connectivity index is 2.37. The predicted octanol–water partition coefficient (Wildman–Crippen LogP) is 4.57. The van der Waals surface area contributed by atoms with Crippen molar-refractivity contribution < 1.29 is 9.66 Å². The standard InChI is InChI=1S/C13H6Cl2N2O3/c14-10-3-2-9(17(18)19)6-13(10)20-12-4-1-8(7-16)5-11(12)15/h1-6H. The topological polar surface area (TPSA) is 76.2 Å². The molecular weight excluding hydrogens is 303 g/mol. The van der Waals surface area contributed by atoms with Gasteiger partial charge in [-0.05, 0) is 24.3 Å². The van der Waals surface area contributed by atoms with Crippen molar-refractivity contribution in [2.24, 2.45) is 0 Å². The van der Waals surface area contributed by atoms with Gasteiger partial charge in [0.05, 0.1) is 32.7 Å². The van der Waals surface area contributed by atoms with Gasteiger partial charge in [0.1, 0.15) is 5.75 Å². The molecule has 0 spiro atoms. The summed E-state index contributed by atoms with van der Waals surface area (Å²) in [6, 6.07) is 10.2. The third-order valence-electron chi connectivity index (χ3n) is 2.41. The fraction of sp³-hybridized carbons (Fsp3) is 0. The maximum absolute atomic E-state index is 10.7. The van der Waals surface area contributed by atoms with Crippen LogP contribution in [-0.4, -0.2) is 4.92 Å². The molecule has 0 bridgehead atoms. The number of non-ortho nitro benzene ring substituents is 1. The second kappa shape index (κ2) is 5.78. The first-order chi connectivity index (χ1) is 9.51. The fourth-order valence-electron chi connectivity index (χ4n) is 1.46. The van der Waals surface area contributed by atoms with Crippen LogP contribution in [0.4, 0.5) is 5.69 Å². The van der Waals surface area contributed by atoms with Crippen LogP contribution < -0.4 is 4.74 Å². The normalized spacial score (nSPS) is 9.85. The monoisotopic (exact) mass is 308 g/mol. The molecule has 5 nitrogen and oxygen atoms in total. The van der Waals surface area contributed by atoms with Crippen molar-refractivity contribution >= 4 is 28.9 Å². The minimum atomic E-state index is -0.552. The van der Waals surface area contributed by atoms with E-state index >= 15 is 0 Å². The number of halogens is 2. The Labute approximate surface area is 124 Å². The van der Waals surface area contributed by atoms with Gasteiger partial charge in [0.2, 0.25) is 0 Å². The molecule has 0 amide bonds. The van der Waals surface area contributed by atoms with Crippen LogP contribution in [0.15, 0.2) is 36.4 Å². The van der Waals surface area contributed by atoms with Crippen molar-refractivity contribution in [3.8, 4) is 17.6 Å². The van der Waals surface area contributed by atoms with Gasteiger partial charge in [-0.25, -0.2) is 0 Å². The van der Waals surface area contributed by atoms with E-state index in [9.17, 15) is 10.1 Å². The maximum Gasteiger partial charge on any atom is 0.273 e. The quantitative estimate of drug-likeness (QED) is 0.615. The predicted molar refractivity (Wildman–Crippen MR) is 74.3 cm³/mol. The highest BCUT2D eigenvalue weighted by Crippen LogP contribution is 2.35. The third-order valence-corrected chi connectivity index (χ3v) is 3.01. The van der Waals surface area contributed by atoms with Crippen molar-refractivity contribution in [1.82, 2.24) is 0 Å². The molecule has 0 aliphatic heterocycles.